The summed E-state index contributed by atoms with van der Waals surface area (Å²) in [4.78, 5) is 4.18. The summed E-state index contributed by atoms with van der Waals surface area (Å²) < 4.78 is 26.8. The summed E-state index contributed by atoms with van der Waals surface area (Å²) >= 11 is 5.86. The fraction of sp³-hybridized carbons (Fsp3) is 0.214. The van der Waals surface area contributed by atoms with Gasteiger partial charge in [-0.25, -0.2) is 18.1 Å². The molecule has 2 N–H and O–H groups in total. The first kappa shape index (κ1) is 15.8. The summed E-state index contributed by atoms with van der Waals surface area (Å²) in [5.41, 5.74) is 0.795. The fourth-order valence-corrected chi connectivity index (χ4v) is 2.91. The quantitative estimate of drug-likeness (QED) is 0.856. The molecule has 0 bridgehead atoms. The van der Waals surface area contributed by atoms with E-state index in [1.165, 1.54) is 12.3 Å². The molecule has 1 aromatic carbocycles. The van der Waals surface area contributed by atoms with Gasteiger partial charge < -0.3 is 5.32 Å². The third kappa shape index (κ3) is 4.42. The highest BCUT2D eigenvalue weighted by Crippen LogP contribution is 2.13. The minimum Gasteiger partial charge on any atom is -0.370 e. The molecule has 0 spiro atoms. The summed E-state index contributed by atoms with van der Waals surface area (Å²) in [7, 11) is -3.59. The topological polar surface area (TPSA) is 71.1 Å². The van der Waals surface area contributed by atoms with Crippen LogP contribution in [0, 0.1) is 0 Å². The van der Waals surface area contributed by atoms with Crippen LogP contribution >= 0.6 is 11.6 Å². The minimum absolute atomic E-state index is 0.131. The van der Waals surface area contributed by atoms with E-state index >= 15 is 0 Å². The van der Waals surface area contributed by atoms with Gasteiger partial charge in [0.25, 0.3) is 0 Å². The van der Waals surface area contributed by atoms with Gasteiger partial charge in [0.2, 0.25) is 10.0 Å². The lowest BCUT2D eigenvalue weighted by molar-refractivity contribution is 0.581. The smallest absolute Gasteiger partial charge is 0.242 e. The van der Waals surface area contributed by atoms with Crippen LogP contribution in [-0.2, 0) is 16.6 Å². The maximum absolute atomic E-state index is 12.2. The molecule has 5 nitrogen and oxygen atoms in total. The number of sulfonamides is 1. The number of benzene rings is 1. The number of rotatable bonds is 6. The molecule has 0 aliphatic rings. The van der Waals surface area contributed by atoms with Gasteiger partial charge in [-0.15, -0.1) is 0 Å². The van der Waals surface area contributed by atoms with Crippen LogP contribution in [0.1, 0.15) is 12.5 Å². The lowest BCUT2D eigenvalue weighted by Gasteiger charge is -2.08. The Balaban J connectivity index is 2.07. The van der Waals surface area contributed by atoms with E-state index in [2.05, 4.69) is 15.0 Å². The van der Waals surface area contributed by atoms with Crippen molar-refractivity contribution in [3.63, 3.8) is 0 Å². The molecule has 0 aliphatic carbocycles. The molecule has 0 aliphatic heterocycles. The molecule has 0 fully saturated rings. The first-order valence-corrected chi connectivity index (χ1v) is 8.31. The fourth-order valence-electron chi connectivity index (χ4n) is 1.73. The largest absolute Gasteiger partial charge is 0.370 e. The van der Waals surface area contributed by atoms with Gasteiger partial charge in [0.05, 0.1) is 0 Å². The Kier molecular flexibility index (Phi) is 5.17. The summed E-state index contributed by atoms with van der Waals surface area (Å²) in [6.45, 7) is 2.85. The second-order valence-electron chi connectivity index (χ2n) is 4.36. The molecule has 0 unspecified atom stereocenters. The van der Waals surface area contributed by atoms with Crippen molar-refractivity contribution in [3.05, 3.63) is 53.2 Å². The Hall–Kier alpha value is -1.63. The van der Waals surface area contributed by atoms with Crippen LogP contribution in [0.2, 0.25) is 5.02 Å². The van der Waals surface area contributed by atoms with E-state index < -0.39 is 10.0 Å². The van der Waals surface area contributed by atoms with Gasteiger partial charge in [0.1, 0.15) is 10.7 Å². The lowest BCUT2D eigenvalue weighted by atomic mass is 10.2. The van der Waals surface area contributed by atoms with Crippen molar-refractivity contribution >= 4 is 27.4 Å². The predicted octanol–water partition coefficient (Wildman–Crippen LogP) is 2.65. The molecular formula is C14H16ClN3O2S. The van der Waals surface area contributed by atoms with Crippen LogP contribution in [0.4, 0.5) is 5.82 Å². The van der Waals surface area contributed by atoms with E-state index in [0.717, 1.165) is 12.1 Å². The second kappa shape index (κ2) is 6.89. The standard InChI is InChI=1S/C14H16ClN3O2S/c1-2-16-14-7-6-13(10-17-14)21(19,20)18-9-11-4-3-5-12(15)8-11/h3-8,10,18H,2,9H2,1H3,(H,16,17). The maximum atomic E-state index is 12.2. The van der Waals surface area contributed by atoms with Gasteiger partial charge in [-0.3, -0.25) is 0 Å². The number of nitrogens with one attached hydrogen (secondary N) is 2. The second-order valence-corrected chi connectivity index (χ2v) is 6.57. The van der Waals surface area contributed by atoms with Crippen LogP contribution in [0.25, 0.3) is 0 Å². The van der Waals surface area contributed by atoms with Crippen LogP contribution in [0.5, 0.6) is 0 Å². The average molecular weight is 326 g/mol. The van der Waals surface area contributed by atoms with Crippen LogP contribution in [-0.4, -0.2) is 19.9 Å². The highest BCUT2D eigenvalue weighted by atomic mass is 35.5. The number of hydrogen-bond acceptors (Lipinski definition) is 4. The van der Waals surface area contributed by atoms with E-state index in [4.69, 9.17) is 11.6 Å². The van der Waals surface area contributed by atoms with E-state index in [1.807, 2.05) is 6.92 Å². The number of pyridine rings is 1. The van der Waals surface area contributed by atoms with Crippen molar-refractivity contribution < 1.29 is 8.42 Å². The highest BCUT2D eigenvalue weighted by Gasteiger charge is 2.14. The third-order valence-corrected chi connectivity index (χ3v) is 4.38. The Morgan fingerprint density at radius 3 is 2.67 bits per heavy atom. The Bertz CT molecular complexity index is 702. The molecule has 1 aromatic heterocycles. The molecule has 0 radical (unpaired) electrons. The first-order chi connectivity index (χ1) is 10.0. The van der Waals surface area contributed by atoms with Crippen molar-refractivity contribution in [2.24, 2.45) is 0 Å². The lowest BCUT2D eigenvalue weighted by Crippen LogP contribution is -2.23. The number of halogens is 1. The number of anilines is 1. The molecule has 7 heteroatoms. The van der Waals surface area contributed by atoms with Gasteiger partial charge in [-0.2, -0.15) is 0 Å². The molecule has 21 heavy (non-hydrogen) atoms. The molecule has 2 aromatic rings. The highest BCUT2D eigenvalue weighted by molar-refractivity contribution is 7.89. The van der Waals surface area contributed by atoms with Gasteiger partial charge in [-0.05, 0) is 36.8 Å². The Labute approximate surface area is 129 Å². The zero-order valence-electron chi connectivity index (χ0n) is 11.5. The predicted molar refractivity (Wildman–Crippen MR) is 83.9 cm³/mol. The number of aromatic nitrogens is 1. The van der Waals surface area contributed by atoms with Gasteiger partial charge in [0.15, 0.2) is 0 Å². The number of nitrogens with zero attached hydrogens (tertiary/aromatic N) is 1. The summed E-state index contributed by atoms with van der Waals surface area (Å²) in [6, 6.07) is 10.2. The van der Waals surface area contributed by atoms with Crippen LogP contribution in [0.15, 0.2) is 47.5 Å². The van der Waals surface area contributed by atoms with E-state index in [1.54, 1.807) is 30.3 Å². The molecule has 0 saturated carbocycles. The summed E-state index contributed by atoms with van der Waals surface area (Å²) in [6.07, 6.45) is 1.33. The third-order valence-electron chi connectivity index (χ3n) is 2.76. The maximum Gasteiger partial charge on any atom is 0.242 e. The van der Waals surface area contributed by atoms with Crippen molar-refractivity contribution in [1.29, 1.82) is 0 Å². The molecule has 0 amide bonds. The van der Waals surface area contributed by atoms with E-state index in [-0.39, 0.29) is 11.4 Å². The van der Waals surface area contributed by atoms with Crippen molar-refractivity contribution in [1.82, 2.24) is 9.71 Å². The molecular weight excluding hydrogens is 310 g/mol. The molecule has 1 heterocycles. The van der Waals surface area contributed by atoms with Crippen LogP contribution < -0.4 is 10.0 Å². The zero-order chi connectivity index (χ0) is 15.3. The van der Waals surface area contributed by atoms with Crippen molar-refractivity contribution in [3.8, 4) is 0 Å². The van der Waals surface area contributed by atoms with Gasteiger partial charge in [0, 0.05) is 24.3 Å². The normalized spacial score (nSPS) is 11.3. The van der Waals surface area contributed by atoms with Gasteiger partial charge >= 0.3 is 0 Å². The van der Waals surface area contributed by atoms with E-state index in [9.17, 15) is 8.42 Å². The van der Waals surface area contributed by atoms with Crippen LogP contribution in [0.3, 0.4) is 0 Å². The average Bonchev–Trinajstić information content (AvgIpc) is 2.46. The van der Waals surface area contributed by atoms with E-state index in [0.29, 0.717) is 10.8 Å². The van der Waals surface area contributed by atoms with Crippen molar-refractivity contribution in [2.75, 3.05) is 11.9 Å². The van der Waals surface area contributed by atoms with Crippen molar-refractivity contribution in [2.45, 2.75) is 18.4 Å². The molecule has 2 rings (SSSR count). The minimum atomic E-state index is -3.59. The van der Waals surface area contributed by atoms with Gasteiger partial charge in [-0.1, -0.05) is 23.7 Å². The summed E-state index contributed by atoms with van der Waals surface area (Å²) in [5, 5.41) is 3.58. The molecule has 0 saturated heterocycles. The number of hydrogen-bond donors (Lipinski definition) is 2. The SMILES string of the molecule is CCNc1ccc(S(=O)(=O)NCc2cccc(Cl)c2)cn1. The summed E-state index contributed by atoms with van der Waals surface area (Å²) in [5.74, 6) is 0.645. The first-order valence-electron chi connectivity index (χ1n) is 6.45. The zero-order valence-corrected chi connectivity index (χ0v) is 13.1. The Morgan fingerprint density at radius 2 is 2.05 bits per heavy atom. The molecule has 0 atom stereocenters. The Morgan fingerprint density at radius 1 is 1.24 bits per heavy atom. The monoisotopic (exact) mass is 325 g/mol. The molecule has 112 valence electrons.